The molecule has 1 rings (SSSR count). The molecule has 0 N–H and O–H groups in total. The number of rotatable bonds is 4. The van der Waals surface area contributed by atoms with Gasteiger partial charge in [0.05, 0.1) is 6.61 Å². The fraction of sp³-hybridized carbons (Fsp3) is 0.583. The third kappa shape index (κ3) is 2.69. The van der Waals surface area contributed by atoms with Crippen LogP contribution in [0.4, 0.5) is 0 Å². The molecule has 0 aliphatic rings. The van der Waals surface area contributed by atoms with Gasteiger partial charge in [0.1, 0.15) is 0 Å². The van der Waals surface area contributed by atoms with E-state index in [9.17, 15) is 4.79 Å². The molecule has 0 amide bonds. The topological polar surface area (TPSA) is 31.2 Å². The van der Waals surface area contributed by atoms with E-state index in [1.54, 1.807) is 17.7 Å². The van der Waals surface area contributed by atoms with E-state index in [-0.39, 0.29) is 5.56 Å². The van der Waals surface area contributed by atoms with E-state index >= 15 is 0 Å². The molecule has 0 aliphatic heterocycles. The molecule has 0 bridgehead atoms. The van der Waals surface area contributed by atoms with Gasteiger partial charge in [-0.1, -0.05) is 19.9 Å². The third-order valence-corrected chi connectivity index (χ3v) is 2.64. The number of aromatic nitrogens is 1. The minimum Gasteiger partial charge on any atom is -0.383 e. The minimum atomic E-state index is 0.0500. The molecule has 1 heterocycles. The summed E-state index contributed by atoms with van der Waals surface area (Å²) in [6, 6.07) is 3.56. The average molecular weight is 209 g/mol. The average Bonchev–Trinajstić information content (AvgIpc) is 2.17. The number of hydrogen-bond acceptors (Lipinski definition) is 2. The molecule has 1 aromatic rings. The van der Waals surface area contributed by atoms with Gasteiger partial charge in [0.2, 0.25) is 0 Å². The Hall–Kier alpha value is -1.09. The molecule has 3 heteroatoms. The Balaban J connectivity index is 3.12. The van der Waals surface area contributed by atoms with Gasteiger partial charge in [0, 0.05) is 25.4 Å². The second kappa shape index (κ2) is 5.12. The molecular weight excluding hydrogens is 190 g/mol. The predicted molar refractivity (Wildman–Crippen MR) is 61.4 cm³/mol. The maximum absolute atomic E-state index is 11.6. The summed E-state index contributed by atoms with van der Waals surface area (Å²) in [5.74, 6) is 0.444. The van der Waals surface area contributed by atoms with Crippen molar-refractivity contribution in [1.82, 2.24) is 4.57 Å². The Bertz CT molecular complexity index is 380. The molecule has 0 aromatic carbocycles. The van der Waals surface area contributed by atoms with E-state index in [4.69, 9.17) is 4.74 Å². The summed E-state index contributed by atoms with van der Waals surface area (Å²) >= 11 is 0. The summed E-state index contributed by atoms with van der Waals surface area (Å²) in [5.41, 5.74) is 2.33. The van der Waals surface area contributed by atoms with Gasteiger partial charge in [0.15, 0.2) is 0 Å². The van der Waals surface area contributed by atoms with Crippen molar-refractivity contribution in [3.8, 4) is 0 Å². The van der Waals surface area contributed by atoms with E-state index in [2.05, 4.69) is 13.8 Å². The largest absolute Gasteiger partial charge is 0.383 e. The fourth-order valence-corrected chi connectivity index (χ4v) is 1.76. The van der Waals surface area contributed by atoms with Crippen LogP contribution in [-0.2, 0) is 11.3 Å². The first kappa shape index (κ1) is 12.0. The smallest absolute Gasteiger partial charge is 0.250 e. The SMILES string of the molecule is COCCn1c(C)c(C(C)C)ccc1=O. The molecule has 0 spiro atoms. The minimum absolute atomic E-state index is 0.0500. The number of nitrogens with zero attached hydrogens (tertiary/aromatic N) is 1. The van der Waals surface area contributed by atoms with E-state index in [0.717, 1.165) is 5.69 Å². The molecular formula is C12H19NO2. The Morgan fingerprint density at radius 2 is 2.07 bits per heavy atom. The number of ether oxygens (including phenoxy) is 1. The van der Waals surface area contributed by atoms with Crippen LogP contribution >= 0.6 is 0 Å². The van der Waals surface area contributed by atoms with Crippen LogP contribution in [0, 0.1) is 6.92 Å². The van der Waals surface area contributed by atoms with E-state index in [0.29, 0.717) is 19.1 Å². The number of methoxy groups -OCH3 is 1. The van der Waals surface area contributed by atoms with Gasteiger partial charge in [-0.2, -0.15) is 0 Å². The van der Waals surface area contributed by atoms with Crippen molar-refractivity contribution in [1.29, 1.82) is 0 Å². The molecule has 3 nitrogen and oxygen atoms in total. The van der Waals surface area contributed by atoms with Crippen LogP contribution in [0.1, 0.15) is 31.0 Å². The highest BCUT2D eigenvalue weighted by molar-refractivity contribution is 5.23. The molecule has 0 radical (unpaired) electrons. The van der Waals surface area contributed by atoms with Gasteiger partial charge < -0.3 is 9.30 Å². The maximum Gasteiger partial charge on any atom is 0.250 e. The second-order valence-electron chi connectivity index (χ2n) is 4.01. The second-order valence-corrected chi connectivity index (χ2v) is 4.01. The lowest BCUT2D eigenvalue weighted by Gasteiger charge is -2.15. The zero-order chi connectivity index (χ0) is 11.4. The van der Waals surface area contributed by atoms with Crippen molar-refractivity contribution in [2.45, 2.75) is 33.2 Å². The molecule has 0 saturated heterocycles. The lowest BCUT2D eigenvalue weighted by Crippen LogP contribution is -2.24. The molecule has 0 atom stereocenters. The van der Waals surface area contributed by atoms with Crippen LogP contribution in [0.15, 0.2) is 16.9 Å². The molecule has 15 heavy (non-hydrogen) atoms. The molecule has 1 aromatic heterocycles. The first-order chi connectivity index (χ1) is 7.07. The Kier molecular flexibility index (Phi) is 4.09. The van der Waals surface area contributed by atoms with Crippen LogP contribution in [-0.4, -0.2) is 18.3 Å². The summed E-state index contributed by atoms with van der Waals surface area (Å²) < 4.78 is 6.77. The molecule has 0 unspecified atom stereocenters. The predicted octanol–water partition coefficient (Wildman–Crippen LogP) is 1.93. The van der Waals surface area contributed by atoms with Crippen LogP contribution in [0.25, 0.3) is 0 Å². The van der Waals surface area contributed by atoms with Crippen LogP contribution in [0.2, 0.25) is 0 Å². The van der Waals surface area contributed by atoms with E-state index in [1.165, 1.54) is 5.56 Å². The number of hydrogen-bond donors (Lipinski definition) is 0. The van der Waals surface area contributed by atoms with Crippen molar-refractivity contribution in [2.24, 2.45) is 0 Å². The van der Waals surface area contributed by atoms with E-state index in [1.807, 2.05) is 13.0 Å². The van der Waals surface area contributed by atoms with Crippen molar-refractivity contribution in [3.05, 3.63) is 33.7 Å². The maximum atomic E-state index is 11.6. The summed E-state index contributed by atoms with van der Waals surface area (Å²) in [5, 5.41) is 0. The van der Waals surface area contributed by atoms with Crippen molar-refractivity contribution < 1.29 is 4.74 Å². The molecule has 0 fully saturated rings. The zero-order valence-electron chi connectivity index (χ0n) is 9.91. The van der Waals surface area contributed by atoms with Crippen molar-refractivity contribution >= 4 is 0 Å². The standard InChI is InChI=1S/C12H19NO2/c1-9(2)11-5-6-12(14)13(10(11)3)7-8-15-4/h5-6,9H,7-8H2,1-4H3. The lowest BCUT2D eigenvalue weighted by molar-refractivity contribution is 0.185. The van der Waals surface area contributed by atoms with Crippen LogP contribution < -0.4 is 5.56 Å². The van der Waals surface area contributed by atoms with E-state index < -0.39 is 0 Å². The van der Waals surface area contributed by atoms with Gasteiger partial charge >= 0.3 is 0 Å². The normalized spacial score (nSPS) is 11.0. The highest BCUT2D eigenvalue weighted by atomic mass is 16.5. The summed E-state index contributed by atoms with van der Waals surface area (Å²) in [4.78, 5) is 11.6. The highest BCUT2D eigenvalue weighted by Gasteiger charge is 2.08. The van der Waals surface area contributed by atoms with Crippen molar-refractivity contribution in [3.63, 3.8) is 0 Å². The van der Waals surface area contributed by atoms with Gasteiger partial charge in [-0.3, -0.25) is 4.79 Å². The summed E-state index contributed by atoms with van der Waals surface area (Å²) in [6.07, 6.45) is 0. The molecule has 84 valence electrons. The Morgan fingerprint density at radius 3 is 2.60 bits per heavy atom. The summed E-state index contributed by atoms with van der Waals surface area (Å²) in [7, 11) is 1.65. The fourth-order valence-electron chi connectivity index (χ4n) is 1.76. The zero-order valence-corrected chi connectivity index (χ0v) is 9.91. The van der Waals surface area contributed by atoms with Crippen molar-refractivity contribution in [2.75, 3.05) is 13.7 Å². The first-order valence-corrected chi connectivity index (χ1v) is 5.27. The quantitative estimate of drug-likeness (QED) is 0.758. The van der Waals surface area contributed by atoms with Gasteiger partial charge in [-0.05, 0) is 18.4 Å². The first-order valence-electron chi connectivity index (χ1n) is 5.27. The molecule has 0 saturated carbocycles. The summed E-state index contributed by atoms with van der Waals surface area (Å²) in [6.45, 7) is 7.46. The molecule has 0 aliphatic carbocycles. The lowest BCUT2D eigenvalue weighted by atomic mass is 10.0. The third-order valence-electron chi connectivity index (χ3n) is 2.64. The Morgan fingerprint density at radius 1 is 1.40 bits per heavy atom. The Labute approximate surface area is 90.7 Å². The van der Waals surface area contributed by atoms with Crippen LogP contribution in [0.3, 0.4) is 0 Å². The van der Waals surface area contributed by atoms with Crippen LogP contribution in [0.5, 0.6) is 0 Å². The van der Waals surface area contributed by atoms with Gasteiger partial charge in [-0.25, -0.2) is 0 Å². The monoisotopic (exact) mass is 209 g/mol. The number of pyridine rings is 1. The highest BCUT2D eigenvalue weighted by Crippen LogP contribution is 2.16. The van der Waals surface area contributed by atoms with Gasteiger partial charge in [-0.15, -0.1) is 0 Å². The van der Waals surface area contributed by atoms with Gasteiger partial charge in [0.25, 0.3) is 5.56 Å².